The monoisotopic (exact) mass is 626 g/mol. The highest BCUT2D eigenvalue weighted by Crippen LogP contribution is 2.40. The van der Waals surface area contributed by atoms with Crippen molar-refractivity contribution in [3.05, 3.63) is 52.1 Å². The minimum atomic E-state index is -0.328. The first-order valence-electron chi connectivity index (χ1n) is 13.5. The number of carbonyl (C=O) groups excluding carboxylic acids is 2. The van der Waals surface area contributed by atoms with Crippen LogP contribution < -0.4 is 19.7 Å². The van der Waals surface area contributed by atoms with E-state index in [0.29, 0.717) is 66.7 Å². The van der Waals surface area contributed by atoms with Crippen molar-refractivity contribution in [3.63, 3.8) is 0 Å². The average molecular weight is 628 g/mol. The van der Waals surface area contributed by atoms with Crippen molar-refractivity contribution < 1.29 is 28.9 Å². The van der Waals surface area contributed by atoms with E-state index < -0.39 is 0 Å². The number of carbonyl (C=O) groups is 2. The molecule has 0 fully saturated rings. The summed E-state index contributed by atoms with van der Waals surface area (Å²) < 4.78 is 16.8. The molecule has 0 saturated heterocycles. The molecule has 0 aliphatic carbocycles. The third kappa shape index (κ3) is 8.06. The quantitative estimate of drug-likeness (QED) is 0.284. The maximum absolute atomic E-state index is 13.8. The molecule has 2 aromatic carbocycles. The number of halogens is 2. The van der Waals surface area contributed by atoms with E-state index in [9.17, 15) is 14.7 Å². The minimum Gasteiger partial charge on any atom is -0.494 e. The van der Waals surface area contributed by atoms with Crippen molar-refractivity contribution in [2.75, 3.05) is 65.6 Å². The number of aliphatic hydroxyl groups is 1. The molecule has 1 aliphatic rings. The van der Waals surface area contributed by atoms with Crippen molar-refractivity contribution in [3.8, 4) is 11.5 Å². The van der Waals surface area contributed by atoms with E-state index >= 15 is 0 Å². The number of ether oxygens (including phenoxy) is 3. The first-order chi connectivity index (χ1) is 19.0. The fraction of sp³-hybridized carbons (Fsp3) is 0.500. The van der Waals surface area contributed by atoms with Crippen LogP contribution in [0, 0.1) is 5.41 Å². The van der Waals surface area contributed by atoms with Crippen LogP contribution in [0.3, 0.4) is 0 Å². The summed E-state index contributed by atoms with van der Waals surface area (Å²) in [5.41, 5.74) is 3.53. The second kappa shape index (κ2) is 16.0. The second-order valence-corrected chi connectivity index (χ2v) is 10.7. The van der Waals surface area contributed by atoms with E-state index in [1.807, 2.05) is 17.9 Å². The van der Waals surface area contributed by atoms with Crippen LogP contribution in [0.2, 0.25) is 0 Å². The third-order valence-corrected chi connectivity index (χ3v) is 6.92. The Kier molecular flexibility index (Phi) is 14.1. The predicted molar refractivity (Wildman–Crippen MR) is 170 cm³/mol. The fourth-order valence-electron chi connectivity index (χ4n) is 4.87. The van der Waals surface area contributed by atoms with E-state index in [-0.39, 0.29) is 60.9 Å². The van der Waals surface area contributed by atoms with Gasteiger partial charge in [-0.05, 0) is 42.2 Å². The molecule has 1 heterocycles. The number of fused-ring (bicyclic) bond motifs is 1. The van der Waals surface area contributed by atoms with Gasteiger partial charge in [0.15, 0.2) is 5.78 Å². The summed E-state index contributed by atoms with van der Waals surface area (Å²) >= 11 is 0. The average Bonchev–Trinajstić information content (AvgIpc) is 3.22. The number of anilines is 1. The molecular formula is C30H44Cl2N4O6. The largest absolute Gasteiger partial charge is 0.494 e. The van der Waals surface area contributed by atoms with Gasteiger partial charge >= 0.3 is 0 Å². The van der Waals surface area contributed by atoms with E-state index in [1.54, 1.807) is 44.4 Å². The molecule has 1 amide bonds. The van der Waals surface area contributed by atoms with Gasteiger partial charge in [-0.2, -0.15) is 0 Å². The summed E-state index contributed by atoms with van der Waals surface area (Å²) in [5.74, 6) is 0.842. The number of amidine groups is 1. The minimum absolute atomic E-state index is 0. The zero-order valence-corrected chi connectivity index (χ0v) is 27.1. The molecule has 0 bridgehead atoms. The van der Waals surface area contributed by atoms with Crippen LogP contribution in [0.4, 0.5) is 5.69 Å². The molecule has 0 unspecified atom stereocenters. The lowest BCUT2D eigenvalue weighted by molar-refractivity contribution is 0.0953. The summed E-state index contributed by atoms with van der Waals surface area (Å²) in [6.45, 7) is 9.99. The standard InChI is InChI=1S/C30H42N4O6.2ClH/c1-8-40-26-15-20-17-34(28(31)21(20)16-22(26)29(37)32-5)18-25(36)19-13-23(30(2,3)4)27(39-7)24(14-19)33(9-11-35)10-12-38-6;;/h13-16,31,35H,8-12,17-18H2,1-7H3,(H,32,37);2*1H. The topological polar surface area (TPSA) is 124 Å². The number of benzene rings is 2. The number of nitrogens with one attached hydrogen (secondary N) is 2. The Morgan fingerprint density at radius 1 is 1.12 bits per heavy atom. The van der Waals surface area contributed by atoms with Crippen molar-refractivity contribution in [1.29, 1.82) is 5.41 Å². The van der Waals surface area contributed by atoms with Crippen molar-refractivity contribution in [1.82, 2.24) is 10.2 Å². The lowest BCUT2D eigenvalue weighted by atomic mass is 9.84. The molecule has 10 nitrogen and oxygen atoms in total. The molecule has 3 N–H and O–H groups in total. The van der Waals surface area contributed by atoms with Gasteiger partial charge in [-0.15, -0.1) is 24.8 Å². The highest BCUT2D eigenvalue weighted by Gasteiger charge is 2.31. The van der Waals surface area contributed by atoms with Gasteiger partial charge in [0.2, 0.25) is 0 Å². The Morgan fingerprint density at radius 2 is 1.81 bits per heavy atom. The summed E-state index contributed by atoms with van der Waals surface area (Å²) in [6.07, 6.45) is 0. The van der Waals surface area contributed by atoms with E-state index in [4.69, 9.17) is 19.6 Å². The van der Waals surface area contributed by atoms with Gasteiger partial charge in [0.05, 0.1) is 44.7 Å². The second-order valence-electron chi connectivity index (χ2n) is 10.7. The van der Waals surface area contributed by atoms with Gasteiger partial charge in [0.25, 0.3) is 5.91 Å². The first-order valence-corrected chi connectivity index (χ1v) is 13.5. The molecule has 234 valence electrons. The van der Waals surface area contributed by atoms with Crippen molar-refractivity contribution in [2.24, 2.45) is 0 Å². The summed E-state index contributed by atoms with van der Waals surface area (Å²) in [6, 6.07) is 7.11. The lowest BCUT2D eigenvalue weighted by Crippen LogP contribution is -2.32. The van der Waals surface area contributed by atoms with Crippen LogP contribution in [0.25, 0.3) is 0 Å². The Labute approximate surface area is 261 Å². The first kappa shape index (κ1) is 37.0. The maximum atomic E-state index is 13.8. The van der Waals surface area contributed by atoms with Crippen LogP contribution in [0.15, 0.2) is 24.3 Å². The van der Waals surface area contributed by atoms with Crippen LogP contribution in [0.1, 0.15) is 65.1 Å². The Bertz CT molecular complexity index is 1270. The van der Waals surface area contributed by atoms with Crippen LogP contribution in [-0.4, -0.2) is 88.3 Å². The molecular weight excluding hydrogens is 583 g/mol. The molecule has 0 saturated carbocycles. The number of nitrogens with zero attached hydrogens (tertiary/aromatic N) is 2. The van der Waals surface area contributed by atoms with Gasteiger partial charge in [0.1, 0.15) is 17.3 Å². The van der Waals surface area contributed by atoms with Gasteiger partial charge in [0, 0.05) is 50.5 Å². The molecule has 2 aromatic rings. The lowest BCUT2D eigenvalue weighted by Gasteiger charge is -2.31. The van der Waals surface area contributed by atoms with Gasteiger partial charge < -0.3 is 34.4 Å². The van der Waals surface area contributed by atoms with Crippen molar-refractivity contribution >= 4 is 48.0 Å². The number of hydrogen-bond acceptors (Lipinski definition) is 8. The Hall–Kier alpha value is -3.05. The molecule has 0 atom stereocenters. The smallest absolute Gasteiger partial charge is 0.254 e. The summed E-state index contributed by atoms with van der Waals surface area (Å²) in [7, 11) is 4.77. The highest BCUT2D eigenvalue weighted by molar-refractivity contribution is 6.08. The maximum Gasteiger partial charge on any atom is 0.254 e. The number of methoxy groups -OCH3 is 2. The third-order valence-electron chi connectivity index (χ3n) is 6.92. The molecule has 12 heteroatoms. The number of aliphatic hydroxyl groups excluding tert-OH is 1. The van der Waals surface area contributed by atoms with Crippen molar-refractivity contribution in [2.45, 2.75) is 39.7 Å². The number of ketones is 1. The molecule has 0 spiro atoms. The van der Waals surface area contributed by atoms with Crippen LogP contribution in [-0.2, 0) is 16.7 Å². The predicted octanol–water partition coefficient (Wildman–Crippen LogP) is 4.06. The number of hydrogen-bond donors (Lipinski definition) is 3. The Balaban J connectivity index is 0.00000441. The summed E-state index contributed by atoms with van der Waals surface area (Å²) in [4.78, 5) is 29.9. The Morgan fingerprint density at radius 3 is 2.36 bits per heavy atom. The zero-order valence-electron chi connectivity index (χ0n) is 25.5. The molecule has 3 rings (SSSR count). The summed E-state index contributed by atoms with van der Waals surface area (Å²) in [5, 5.41) is 21.1. The molecule has 1 aliphatic heterocycles. The van der Waals surface area contributed by atoms with Gasteiger partial charge in [-0.1, -0.05) is 20.8 Å². The van der Waals surface area contributed by atoms with Crippen LogP contribution >= 0.6 is 24.8 Å². The SMILES string of the molecule is CCOc1cc2c(cc1C(=O)NC)C(=N)N(CC(=O)c1cc(N(CCO)CCOC)c(OC)c(C(C)(C)C)c1)C2.Cl.Cl. The highest BCUT2D eigenvalue weighted by atomic mass is 35.5. The number of Topliss-reactive ketones (excluding diaryl/α,β-unsaturated/α-hetero) is 1. The fourth-order valence-corrected chi connectivity index (χ4v) is 4.87. The van der Waals surface area contributed by atoms with E-state index in [1.165, 1.54) is 0 Å². The van der Waals surface area contributed by atoms with E-state index in [0.717, 1.165) is 11.1 Å². The molecule has 42 heavy (non-hydrogen) atoms. The zero-order chi connectivity index (χ0) is 29.6. The normalized spacial score (nSPS) is 12.2. The van der Waals surface area contributed by atoms with Crippen LogP contribution in [0.5, 0.6) is 11.5 Å². The molecule has 0 aromatic heterocycles. The number of amides is 1. The molecule has 0 radical (unpaired) electrons. The number of rotatable bonds is 13. The van der Waals surface area contributed by atoms with E-state index in [2.05, 4.69) is 26.1 Å². The van der Waals surface area contributed by atoms with Gasteiger partial charge in [-0.3, -0.25) is 15.0 Å². The van der Waals surface area contributed by atoms with Gasteiger partial charge in [-0.25, -0.2) is 0 Å².